The molecule has 7 nitrogen and oxygen atoms in total. The Labute approximate surface area is 194 Å². The molecule has 0 spiro atoms. The van der Waals surface area contributed by atoms with Crippen molar-refractivity contribution in [2.45, 2.75) is 24.4 Å². The van der Waals surface area contributed by atoms with E-state index >= 15 is 0 Å². The molecule has 1 aliphatic heterocycles. The van der Waals surface area contributed by atoms with Gasteiger partial charge in [-0.2, -0.15) is 4.72 Å². The summed E-state index contributed by atoms with van der Waals surface area (Å²) >= 11 is 0. The molecule has 1 unspecified atom stereocenters. The average molecular weight is 473 g/mol. The molecule has 33 heavy (non-hydrogen) atoms. The van der Waals surface area contributed by atoms with Gasteiger partial charge in [-0.05, 0) is 49.7 Å². The highest BCUT2D eigenvalue weighted by atomic mass is 32.2. The van der Waals surface area contributed by atoms with E-state index in [2.05, 4.69) is 19.5 Å². The van der Waals surface area contributed by atoms with Crippen LogP contribution >= 0.6 is 0 Å². The maximum Gasteiger partial charge on any atom is 0.242 e. The number of benzene rings is 2. The third kappa shape index (κ3) is 5.86. The Kier molecular flexibility index (Phi) is 7.54. The summed E-state index contributed by atoms with van der Waals surface area (Å²) in [6, 6.07) is 15.4. The van der Waals surface area contributed by atoms with Crippen molar-refractivity contribution in [3.05, 3.63) is 66.6 Å². The lowest BCUT2D eigenvalue weighted by atomic mass is 10.2. The fraction of sp³-hybridized carbons (Fsp3) is 0.375. The number of hydrogen-bond acceptors (Lipinski definition) is 6. The second-order valence-corrected chi connectivity index (χ2v) is 9.82. The van der Waals surface area contributed by atoms with Crippen molar-refractivity contribution in [2.75, 3.05) is 39.3 Å². The number of nitrogens with zero attached hydrogens (tertiary/aromatic N) is 3. The molecule has 9 heteroatoms. The molecule has 2 aromatic carbocycles. The number of hydrogen-bond donors (Lipinski definition) is 1. The monoisotopic (exact) mass is 472 g/mol. The van der Waals surface area contributed by atoms with E-state index in [0.717, 1.165) is 51.0 Å². The Morgan fingerprint density at radius 1 is 1.06 bits per heavy atom. The van der Waals surface area contributed by atoms with Crippen LogP contribution in [0.1, 0.15) is 13.3 Å². The topological polar surface area (TPSA) is 74.8 Å². The molecule has 0 aliphatic carbocycles. The number of ether oxygens (including phenoxy) is 1. The Bertz CT molecular complexity index is 1170. The fourth-order valence-corrected chi connectivity index (χ4v) is 5.50. The highest BCUT2D eigenvalue weighted by molar-refractivity contribution is 7.89. The lowest BCUT2D eigenvalue weighted by Crippen LogP contribution is -2.54. The first kappa shape index (κ1) is 23.6. The zero-order valence-corrected chi connectivity index (χ0v) is 19.5. The molecule has 176 valence electrons. The van der Waals surface area contributed by atoms with Crippen molar-refractivity contribution < 1.29 is 17.5 Å². The predicted molar refractivity (Wildman–Crippen MR) is 126 cm³/mol. The number of sulfonamides is 1. The normalized spacial score (nSPS) is 16.7. The third-order valence-corrected chi connectivity index (χ3v) is 7.47. The van der Waals surface area contributed by atoms with E-state index in [9.17, 15) is 12.8 Å². The zero-order chi connectivity index (χ0) is 23.3. The predicted octanol–water partition coefficient (Wildman–Crippen LogP) is 3.08. The molecule has 1 aliphatic rings. The lowest BCUT2D eigenvalue weighted by molar-refractivity contribution is 0.0943. The number of pyridine rings is 1. The number of aromatic nitrogens is 1. The van der Waals surface area contributed by atoms with Crippen LogP contribution in [0.4, 0.5) is 4.39 Å². The standard InChI is InChI=1S/C24H29FN4O3S/c1-19(27-33(30,31)23-11-10-22(25)24-21(23)9-5-12-26-24)29-16-14-28(15-17-29)13-6-18-32-20-7-3-2-4-8-20/h2-5,7-12,19,27H,6,13-18H2,1H3. The first-order chi connectivity index (χ1) is 15.9. The van der Waals surface area contributed by atoms with E-state index < -0.39 is 15.8 Å². The van der Waals surface area contributed by atoms with Gasteiger partial charge in [0.25, 0.3) is 0 Å². The van der Waals surface area contributed by atoms with Crippen molar-refractivity contribution in [3.63, 3.8) is 0 Å². The quantitative estimate of drug-likeness (QED) is 0.483. The van der Waals surface area contributed by atoms with Gasteiger partial charge in [-0.1, -0.05) is 18.2 Å². The maximum atomic E-state index is 14.0. The largest absolute Gasteiger partial charge is 0.494 e. The van der Waals surface area contributed by atoms with Crippen LogP contribution in [0.2, 0.25) is 0 Å². The summed E-state index contributed by atoms with van der Waals surface area (Å²) in [5.74, 6) is 0.344. The van der Waals surface area contributed by atoms with Gasteiger partial charge in [0.05, 0.1) is 17.7 Å². The van der Waals surface area contributed by atoms with E-state index in [1.165, 1.54) is 12.3 Å². The summed E-state index contributed by atoms with van der Waals surface area (Å²) in [7, 11) is -3.84. The molecule has 4 rings (SSSR count). The number of para-hydroxylation sites is 1. The molecule has 3 aromatic rings. The fourth-order valence-electron chi connectivity index (χ4n) is 4.08. The van der Waals surface area contributed by atoms with Crippen molar-refractivity contribution in [2.24, 2.45) is 0 Å². The number of piperazine rings is 1. The molecule has 1 atom stereocenters. The van der Waals surface area contributed by atoms with Gasteiger partial charge < -0.3 is 9.64 Å². The van der Waals surface area contributed by atoms with Crippen LogP contribution in [0.25, 0.3) is 10.9 Å². The molecular weight excluding hydrogens is 443 g/mol. The van der Waals surface area contributed by atoms with Gasteiger partial charge in [0.1, 0.15) is 17.1 Å². The van der Waals surface area contributed by atoms with Gasteiger partial charge in [0.2, 0.25) is 10.0 Å². The van der Waals surface area contributed by atoms with Crippen molar-refractivity contribution in [1.29, 1.82) is 0 Å². The van der Waals surface area contributed by atoms with Crippen molar-refractivity contribution in [3.8, 4) is 5.75 Å². The number of halogens is 1. The summed E-state index contributed by atoms with van der Waals surface area (Å²) in [4.78, 5) is 8.50. The Hall–Kier alpha value is -2.59. The summed E-state index contributed by atoms with van der Waals surface area (Å²) in [5, 5.41) is 0.278. The van der Waals surface area contributed by atoms with Gasteiger partial charge in [0, 0.05) is 44.3 Å². The summed E-state index contributed by atoms with van der Waals surface area (Å²) in [5.41, 5.74) is 0.0536. The molecular formula is C24H29FN4O3S. The molecule has 0 amide bonds. The van der Waals surface area contributed by atoms with E-state index in [1.54, 1.807) is 12.1 Å². The average Bonchev–Trinajstić information content (AvgIpc) is 2.83. The SMILES string of the molecule is CC(NS(=O)(=O)c1ccc(F)c2ncccc12)N1CCN(CCCOc2ccccc2)CC1. The zero-order valence-electron chi connectivity index (χ0n) is 18.7. The first-order valence-corrected chi connectivity index (χ1v) is 12.6. The smallest absolute Gasteiger partial charge is 0.242 e. The highest BCUT2D eigenvalue weighted by Crippen LogP contribution is 2.24. The Morgan fingerprint density at radius 3 is 2.58 bits per heavy atom. The van der Waals surface area contributed by atoms with Gasteiger partial charge >= 0.3 is 0 Å². The van der Waals surface area contributed by atoms with E-state index in [1.807, 2.05) is 37.3 Å². The molecule has 1 N–H and O–H groups in total. The van der Waals surface area contributed by atoms with Crippen LogP contribution in [-0.2, 0) is 10.0 Å². The van der Waals surface area contributed by atoms with Crippen LogP contribution in [0.15, 0.2) is 65.7 Å². The van der Waals surface area contributed by atoms with Crippen LogP contribution in [0.5, 0.6) is 5.75 Å². The minimum absolute atomic E-state index is 0.0379. The molecule has 0 saturated carbocycles. The van der Waals surface area contributed by atoms with Crippen LogP contribution in [0.3, 0.4) is 0 Å². The second-order valence-electron chi connectivity index (χ2n) is 8.14. The summed E-state index contributed by atoms with van der Waals surface area (Å²) < 4.78 is 48.6. The van der Waals surface area contributed by atoms with E-state index in [-0.39, 0.29) is 22.0 Å². The minimum Gasteiger partial charge on any atom is -0.494 e. The molecule has 2 heterocycles. The Morgan fingerprint density at radius 2 is 1.82 bits per heavy atom. The molecule has 1 saturated heterocycles. The van der Waals surface area contributed by atoms with Gasteiger partial charge in [-0.3, -0.25) is 9.88 Å². The molecule has 1 fully saturated rings. The minimum atomic E-state index is -3.84. The summed E-state index contributed by atoms with van der Waals surface area (Å²) in [6.45, 7) is 6.69. The summed E-state index contributed by atoms with van der Waals surface area (Å²) in [6.07, 6.45) is 2.00. The number of rotatable bonds is 9. The molecule has 1 aromatic heterocycles. The Balaban J connectivity index is 1.28. The number of fused-ring (bicyclic) bond motifs is 1. The first-order valence-electron chi connectivity index (χ1n) is 11.1. The van der Waals surface area contributed by atoms with Crippen LogP contribution in [-0.4, -0.2) is 68.7 Å². The second kappa shape index (κ2) is 10.6. The van der Waals surface area contributed by atoms with E-state index in [4.69, 9.17) is 4.74 Å². The van der Waals surface area contributed by atoms with Gasteiger partial charge in [-0.15, -0.1) is 0 Å². The van der Waals surface area contributed by atoms with Crippen molar-refractivity contribution >= 4 is 20.9 Å². The molecule has 0 bridgehead atoms. The van der Waals surface area contributed by atoms with Crippen LogP contribution < -0.4 is 9.46 Å². The lowest BCUT2D eigenvalue weighted by Gasteiger charge is -2.38. The van der Waals surface area contributed by atoms with Gasteiger partial charge in [0.15, 0.2) is 0 Å². The molecule has 0 radical (unpaired) electrons. The maximum absolute atomic E-state index is 14.0. The van der Waals surface area contributed by atoms with Gasteiger partial charge in [-0.25, -0.2) is 12.8 Å². The number of nitrogens with one attached hydrogen (secondary N) is 1. The van der Waals surface area contributed by atoms with Crippen LogP contribution in [0, 0.1) is 5.82 Å². The highest BCUT2D eigenvalue weighted by Gasteiger charge is 2.26. The van der Waals surface area contributed by atoms with Crippen molar-refractivity contribution in [1.82, 2.24) is 19.5 Å². The third-order valence-electron chi connectivity index (χ3n) is 5.88. The van der Waals surface area contributed by atoms with E-state index in [0.29, 0.717) is 6.61 Å².